The summed E-state index contributed by atoms with van der Waals surface area (Å²) in [5.74, 6) is 0.402. The summed E-state index contributed by atoms with van der Waals surface area (Å²) in [6, 6.07) is 14.0. The Hall–Kier alpha value is -3.02. The summed E-state index contributed by atoms with van der Waals surface area (Å²) >= 11 is 0. The summed E-state index contributed by atoms with van der Waals surface area (Å²) < 4.78 is 10.4. The summed E-state index contributed by atoms with van der Waals surface area (Å²) in [7, 11) is 3.33. The number of hydrogen-bond acceptors (Lipinski definition) is 4. The average Bonchev–Trinajstić information content (AvgIpc) is 2.68. The van der Waals surface area contributed by atoms with Crippen LogP contribution in [0.3, 0.4) is 0 Å². The first kappa shape index (κ1) is 20.3. The Morgan fingerprint density at radius 2 is 1.85 bits per heavy atom. The van der Waals surface area contributed by atoms with E-state index in [1.807, 2.05) is 31.2 Å². The van der Waals surface area contributed by atoms with E-state index < -0.39 is 0 Å². The van der Waals surface area contributed by atoms with E-state index in [1.54, 1.807) is 43.3 Å². The quantitative estimate of drug-likeness (QED) is 0.555. The van der Waals surface area contributed by atoms with Gasteiger partial charge in [0.25, 0.3) is 0 Å². The van der Waals surface area contributed by atoms with Crippen molar-refractivity contribution in [3.8, 4) is 5.75 Å². The number of carbonyl (C=O) groups is 2. The molecule has 144 valence electrons. The Kier molecular flexibility index (Phi) is 7.67. The van der Waals surface area contributed by atoms with E-state index in [0.29, 0.717) is 24.4 Å². The number of hydrogen-bond donors (Lipinski definition) is 1. The number of rotatable bonds is 8. The van der Waals surface area contributed by atoms with Crippen molar-refractivity contribution in [3.05, 3.63) is 59.7 Å². The third-order valence-corrected chi connectivity index (χ3v) is 4.00. The van der Waals surface area contributed by atoms with Gasteiger partial charge in [-0.15, -0.1) is 0 Å². The van der Waals surface area contributed by atoms with Crippen molar-refractivity contribution in [1.29, 1.82) is 0 Å². The van der Waals surface area contributed by atoms with Crippen molar-refractivity contribution in [2.75, 3.05) is 26.1 Å². The van der Waals surface area contributed by atoms with Crippen LogP contribution < -0.4 is 10.1 Å². The van der Waals surface area contributed by atoms with Crippen LogP contribution in [-0.2, 0) is 11.3 Å². The van der Waals surface area contributed by atoms with E-state index in [1.165, 1.54) is 0 Å². The highest BCUT2D eigenvalue weighted by atomic mass is 16.5. The molecule has 0 aromatic heterocycles. The fourth-order valence-electron chi connectivity index (χ4n) is 2.42. The summed E-state index contributed by atoms with van der Waals surface area (Å²) in [6.07, 6.45) is 1.82. The van der Waals surface area contributed by atoms with E-state index >= 15 is 0 Å². The number of methoxy groups -OCH3 is 1. The molecule has 27 heavy (non-hydrogen) atoms. The molecule has 2 rings (SSSR count). The van der Waals surface area contributed by atoms with E-state index in [9.17, 15) is 9.59 Å². The molecule has 0 bridgehead atoms. The monoisotopic (exact) mass is 370 g/mol. The SMILES string of the molecule is CCCCOC(=O)c1ccc(NC(=O)N(C)Cc2cccc(OC)c2)cc1. The van der Waals surface area contributed by atoms with Gasteiger partial charge in [-0.3, -0.25) is 0 Å². The highest BCUT2D eigenvalue weighted by Crippen LogP contribution is 2.15. The first-order chi connectivity index (χ1) is 13.0. The molecule has 0 spiro atoms. The standard InChI is InChI=1S/C21H26N2O4/c1-4-5-13-27-20(24)17-9-11-18(12-10-17)22-21(25)23(2)15-16-7-6-8-19(14-16)26-3/h6-12,14H,4-5,13,15H2,1-3H3,(H,22,25). The summed E-state index contributed by atoms with van der Waals surface area (Å²) in [5, 5.41) is 2.81. The number of anilines is 1. The maximum absolute atomic E-state index is 12.4. The van der Waals surface area contributed by atoms with Gasteiger partial charge in [0.1, 0.15) is 5.75 Å². The van der Waals surface area contributed by atoms with Gasteiger partial charge in [0.15, 0.2) is 0 Å². The van der Waals surface area contributed by atoms with Gasteiger partial charge in [-0.25, -0.2) is 9.59 Å². The highest BCUT2D eigenvalue weighted by molar-refractivity contribution is 5.92. The van der Waals surface area contributed by atoms with Gasteiger partial charge in [0.05, 0.1) is 19.3 Å². The largest absolute Gasteiger partial charge is 0.497 e. The Morgan fingerprint density at radius 3 is 2.52 bits per heavy atom. The molecule has 6 nitrogen and oxygen atoms in total. The van der Waals surface area contributed by atoms with Crippen LogP contribution in [0.25, 0.3) is 0 Å². The van der Waals surface area contributed by atoms with Crippen LogP contribution in [0.1, 0.15) is 35.7 Å². The second-order valence-electron chi connectivity index (χ2n) is 6.20. The lowest BCUT2D eigenvalue weighted by Gasteiger charge is -2.18. The maximum Gasteiger partial charge on any atom is 0.338 e. The molecule has 2 aromatic rings. The minimum absolute atomic E-state index is 0.240. The molecule has 0 atom stereocenters. The predicted octanol–water partition coefficient (Wildman–Crippen LogP) is 4.32. The normalized spacial score (nSPS) is 10.2. The van der Waals surface area contributed by atoms with Crippen LogP contribution in [0.4, 0.5) is 10.5 Å². The zero-order valence-corrected chi connectivity index (χ0v) is 16.0. The van der Waals surface area contributed by atoms with E-state index in [4.69, 9.17) is 9.47 Å². The molecule has 0 aliphatic carbocycles. The van der Waals surface area contributed by atoms with Crippen molar-refractivity contribution >= 4 is 17.7 Å². The van der Waals surface area contributed by atoms with Crippen LogP contribution in [0.15, 0.2) is 48.5 Å². The molecule has 2 aromatic carbocycles. The molecule has 0 radical (unpaired) electrons. The molecule has 0 fully saturated rings. The average molecular weight is 370 g/mol. The fraction of sp³-hybridized carbons (Fsp3) is 0.333. The Labute approximate surface area is 160 Å². The fourth-order valence-corrected chi connectivity index (χ4v) is 2.42. The molecular weight excluding hydrogens is 344 g/mol. The first-order valence-electron chi connectivity index (χ1n) is 8.95. The molecule has 0 saturated carbocycles. The molecule has 0 saturated heterocycles. The van der Waals surface area contributed by atoms with E-state index in [2.05, 4.69) is 5.32 Å². The van der Waals surface area contributed by atoms with Crippen LogP contribution in [0.5, 0.6) is 5.75 Å². The number of nitrogens with zero attached hydrogens (tertiary/aromatic N) is 1. The minimum Gasteiger partial charge on any atom is -0.497 e. The van der Waals surface area contributed by atoms with Gasteiger partial charge in [0, 0.05) is 19.3 Å². The second kappa shape index (κ2) is 10.2. The molecule has 2 amide bonds. The van der Waals surface area contributed by atoms with Gasteiger partial charge in [-0.1, -0.05) is 25.5 Å². The molecule has 0 aliphatic rings. The number of unbranched alkanes of at least 4 members (excludes halogenated alkanes) is 1. The smallest absolute Gasteiger partial charge is 0.338 e. The maximum atomic E-state index is 12.4. The number of carbonyl (C=O) groups excluding carboxylic acids is 2. The lowest BCUT2D eigenvalue weighted by Crippen LogP contribution is -2.30. The van der Waals surface area contributed by atoms with Crippen LogP contribution in [0, 0.1) is 0 Å². The van der Waals surface area contributed by atoms with Gasteiger partial charge >= 0.3 is 12.0 Å². The number of benzene rings is 2. The lowest BCUT2D eigenvalue weighted by atomic mass is 10.2. The number of amides is 2. The second-order valence-corrected chi connectivity index (χ2v) is 6.20. The van der Waals surface area contributed by atoms with E-state index in [-0.39, 0.29) is 12.0 Å². The van der Waals surface area contributed by atoms with Crippen molar-refractivity contribution in [2.24, 2.45) is 0 Å². The Morgan fingerprint density at radius 1 is 1.11 bits per heavy atom. The number of urea groups is 1. The number of ether oxygens (including phenoxy) is 2. The molecule has 6 heteroatoms. The van der Waals surface area contributed by atoms with Crippen LogP contribution >= 0.6 is 0 Å². The van der Waals surface area contributed by atoms with E-state index in [0.717, 1.165) is 24.2 Å². The molecular formula is C21H26N2O4. The summed E-state index contributed by atoms with van der Waals surface area (Å²) in [4.78, 5) is 25.8. The van der Waals surface area contributed by atoms with Crippen molar-refractivity contribution in [3.63, 3.8) is 0 Å². The zero-order chi connectivity index (χ0) is 19.6. The lowest BCUT2D eigenvalue weighted by molar-refractivity contribution is 0.0500. The van der Waals surface area contributed by atoms with Gasteiger partial charge < -0.3 is 19.7 Å². The molecule has 0 unspecified atom stereocenters. The van der Waals surface area contributed by atoms with Crippen molar-refractivity contribution in [1.82, 2.24) is 4.90 Å². The Balaban J connectivity index is 1.89. The third-order valence-electron chi connectivity index (χ3n) is 4.00. The third kappa shape index (κ3) is 6.33. The molecule has 1 N–H and O–H groups in total. The first-order valence-corrected chi connectivity index (χ1v) is 8.95. The number of nitrogens with one attached hydrogen (secondary N) is 1. The summed E-state index contributed by atoms with van der Waals surface area (Å²) in [5.41, 5.74) is 2.05. The molecule has 0 aliphatic heterocycles. The van der Waals surface area contributed by atoms with Gasteiger partial charge in [-0.2, -0.15) is 0 Å². The van der Waals surface area contributed by atoms with Crippen molar-refractivity contribution < 1.29 is 19.1 Å². The number of esters is 1. The van der Waals surface area contributed by atoms with Crippen LogP contribution in [0.2, 0.25) is 0 Å². The van der Waals surface area contributed by atoms with Gasteiger partial charge in [0.2, 0.25) is 0 Å². The Bertz CT molecular complexity index is 759. The topological polar surface area (TPSA) is 67.9 Å². The van der Waals surface area contributed by atoms with Gasteiger partial charge in [-0.05, 0) is 48.4 Å². The minimum atomic E-state index is -0.350. The molecule has 0 heterocycles. The highest BCUT2D eigenvalue weighted by Gasteiger charge is 2.11. The zero-order valence-electron chi connectivity index (χ0n) is 16.0. The predicted molar refractivity (Wildman–Crippen MR) is 105 cm³/mol. The summed E-state index contributed by atoms with van der Waals surface area (Å²) in [6.45, 7) is 2.91. The van der Waals surface area contributed by atoms with Crippen molar-refractivity contribution in [2.45, 2.75) is 26.3 Å². The van der Waals surface area contributed by atoms with Crippen LogP contribution in [-0.4, -0.2) is 37.7 Å².